The molecule has 0 bridgehead atoms. The van der Waals surface area contributed by atoms with Crippen LogP contribution in [0.4, 0.5) is 9.59 Å². The molecule has 0 radical (unpaired) electrons. The van der Waals surface area contributed by atoms with Gasteiger partial charge >= 0.3 is 12.2 Å². The summed E-state index contributed by atoms with van der Waals surface area (Å²) in [5.74, 6) is -2.02. The largest absolute Gasteiger partial charge is 0.447 e. The van der Waals surface area contributed by atoms with Crippen molar-refractivity contribution in [2.75, 3.05) is 52.6 Å². The number of amidine groups is 2. The lowest BCUT2D eigenvalue weighted by Crippen LogP contribution is -2.76. The highest BCUT2D eigenvalue weighted by atomic mass is 16.6. The lowest BCUT2D eigenvalue weighted by molar-refractivity contribution is -0.223. The number of aliphatic hydroxyl groups excluding tert-OH is 2. The average Bonchev–Trinajstić information content (AvgIpc) is 4.22. The minimum absolute atomic E-state index is 0.0561. The zero-order valence-corrected chi connectivity index (χ0v) is 40.4. The van der Waals surface area contributed by atoms with E-state index in [1.165, 1.54) is 0 Å². The summed E-state index contributed by atoms with van der Waals surface area (Å²) in [5, 5.41) is 77.1. The number of hydrogen-bond acceptors (Lipinski definition) is 31. The first-order valence-electron chi connectivity index (χ1n) is 24.2. The van der Waals surface area contributed by atoms with Gasteiger partial charge in [0, 0.05) is 63.7 Å². The van der Waals surface area contributed by atoms with E-state index in [4.69, 9.17) is 66.5 Å². The number of nitrogens with zero attached hydrogens (tertiary/aromatic N) is 11. The van der Waals surface area contributed by atoms with Gasteiger partial charge in [-0.25, -0.2) is 44.5 Å². The molecule has 12 aliphatic rings. The number of aliphatic imine (C=N–C) groups is 7. The summed E-state index contributed by atoms with van der Waals surface area (Å²) in [6.07, 6.45) is 3.21. The van der Waals surface area contributed by atoms with Crippen molar-refractivity contribution in [3.05, 3.63) is 0 Å². The van der Waals surface area contributed by atoms with Crippen molar-refractivity contribution in [3.8, 4) is 0 Å². The van der Waals surface area contributed by atoms with Gasteiger partial charge in [0.2, 0.25) is 11.6 Å². The highest BCUT2D eigenvalue weighted by Crippen LogP contribution is 2.52. The fourth-order valence-electron chi connectivity index (χ4n) is 13.2. The molecule has 12 rings (SSSR count). The molecule has 408 valence electrons. The molecule has 0 aromatic rings. The summed E-state index contributed by atoms with van der Waals surface area (Å²) in [4.78, 5) is 58.6. The van der Waals surface area contributed by atoms with Gasteiger partial charge in [-0.05, 0) is 25.7 Å². The molecule has 5 fully saturated rings. The Labute approximate surface area is 422 Å². The van der Waals surface area contributed by atoms with Gasteiger partial charge in [0.05, 0.1) is 37.0 Å². The van der Waals surface area contributed by atoms with E-state index in [0.717, 1.165) is 38.8 Å². The van der Waals surface area contributed by atoms with Crippen LogP contribution in [0.1, 0.15) is 51.4 Å². The molecule has 12 aliphatic heterocycles. The molecular weight excluding hydrogens is 977 g/mol. The van der Waals surface area contributed by atoms with Crippen LogP contribution in [0.2, 0.25) is 0 Å². The molecule has 34 heteroatoms. The van der Waals surface area contributed by atoms with E-state index in [-0.39, 0.29) is 98.4 Å². The molecule has 5 saturated heterocycles. The highest BCUT2D eigenvalue weighted by molar-refractivity contribution is 5.90. The second-order valence-corrected chi connectivity index (χ2v) is 20.1. The molecule has 28 N–H and O–H groups in total. The molecule has 0 aromatic carbocycles. The molecule has 0 aliphatic carbocycles. The molecule has 74 heavy (non-hydrogen) atoms. The number of nitrogens with two attached hydrogens (primary N) is 9. The first kappa shape index (κ1) is 51.7. The Morgan fingerprint density at radius 1 is 0.581 bits per heavy atom. The SMILES string of the molecule is N=C1C[C@H]2C(COC(N)=O)N=C(N)N3CCCC23N1.NC(=O)OCC1N=C(N)N2CCC(O)(O)C23N=C(N)C[C@@H]13.NC1=N[C@H]2C(CO)N=C(N)N3CCC(O)(O)C23N1.NC1=N[C@H]2C(CO)N=C(N)N3CCCC23N1. The monoisotopic (exact) mass is 1040 g/mol. The van der Waals surface area contributed by atoms with E-state index in [1.807, 2.05) is 9.80 Å². The maximum Gasteiger partial charge on any atom is 0.404 e. The van der Waals surface area contributed by atoms with Crippen LogP contribution in [0.3, 0.4) is 0 Å². The molecule has 2 amide bonds. The average molecular weight is 1050 g/mol. The molecule has 34 nitrogen and oxygen atoms in total. The molecule has 0 aromatic heterocycles. The van der Waals surface area contributed by atoms with E-state index in [0.29, 0.717) is 49.6 Å². The summed E-state index contributed by atoms with van der Waals surface area (Å²) in [6, 6.07) is -2.58. The minimum atomic E-state index is -2.08. The fraction of sp³-hybridized carbons (Fsp3) is 0.750. The number of hydrogen-bond donors (Lipinski definition) is 19. The van der Waals surface area contributed by atoms with Crippen molar-refractivity contribution in [2.24, 2.45) is 98.4 Å². The molecule has 12 heterocycles. The number of primary amides is 2. The predicted octanol–water partition coefficient (Wildman–Crippen LogP) is -9.80. The van der Waals surface area contributed by atoms with Crippen molar-refractivity contribution in [2.45, 2.75) is 122 Å². The van der Waals surface area contributed by atoms with Crippen LogP contribution in [-0.2, 0) is 9.47 Å². The summed E-state index contributed by atoms with van der Waals surface area (Å²) >= 11 is 0. The number of ether oxygens (including phenoxy) is 2. The van der Waals surface area contributed by atoms with Crippen LogP contribution in [0.25, 0.3) is 0 Å². The van der Waals surface area contributed by atoms with Crippen molar-refractivity contribution < 1.29 is 49.7 Å². The summed E-state index contributed by atoms with van der Waals surface area (Å²) in [7, 11) is 0. The highest BCUT2D eigenvalue weighted by Gasteiger charge is 2.71. The molecule has 8 unspecified atom stereocenters. The topological polar surface area (TPSA) is 568 Å². The minimum Gasteiger partial charge on any atom is -0.447 e. The van der Waals surface area contributed by atoms with Crippen molar-refractivity contribution in [1.82, 2.24) is 35.6 Å². The third kappa shape index (κ3) is 7.91. The molecule has 4 spiro atoms. The van der Waals surface area contributed by atoms with Crippen LogP contribution >= 0.6 is 0 Å². The Bertz CT molecular complexity index is 2510. The Kier molecular flexibility index (Phi) is 12.8. The summed E-state index contributed by atoms with van der Waals surface area (Å²) in [5.41, 5.74) is 47.4. The third-order valence-corrected chi connectivity index (χ3v) is 16.2. The number of rotatable bonds is 6. The van der Waals surface area contributed by atoms with E-state index in [9.17, 15) is 40.2 Å². The fourth-order valence-corrected chi connectivity index (χ4v) is 13.2. The first-order valence-corrected chi connectivity index (χ1v) is 24.2. The summed E-state index contributed by atoms with van der Waals surface area (Å²) < 4.78 is 9.67. The second-order valence-electron chi connectivity index (χ2n) is 20.1. The van der Waals surface area contributed by atoms with Crippen molar-refractivity contribution >= 4 is 59.6 Å². The lowest BCUT2D eigenvalue weighted by atomic mass is 9.80. The maximum absolute atomic E-state index is 10.8. The quantitative estimate of drug-likeness (QED) is 0.110. The van der Waals surface area contributed by atoms with Crippen molar-refractivity contribution in [3.63, 3.8) is 0 Å². The van der Waals surface area contributed by atoms with Crippen molar-refractivity contribution in [1.29, 1.82) is 5.41 Å². The number of carbonyl (C=O) groups excluding carboxylic acids is 2. The number of nitrogens with one attached hydrogen (secondary N) is 4. The number of carbonyl (C=O) groups is 2. The zero-order valence-electron chi connectivity index (χ0n) is 40.4. The van der Waals surface area contributed by atoms with E-state index < -0.39 is 59.1 Å². The van der Waals surface area contributed by atoms with Gasteiger partial charge in [-0.2, -0.15) is 0 Å². The Hall–Kier alpha value is -7.14. The Morgan fingerprint density at radius 2 is 1.07 bits per heavy atom. The maximum atomic E-state index is 10.8. The van der Waals surface area contributed by atoms with Gasteiger partial charge < -0.3 is 127 Å². The van der Waals surface area contributed by atoms with Gasteiger partial charge in [0.15, 0.2) is 47.1 Å². The van der Waals surface area contributed by atoms with E-state index in [1.54, 1.807) is 9.80 Å². The second kappa shape index (κ2) is 18.4. The molecule has 12 atom stereocenters. The van der Waals surface area contributed by atoms with Gasteiger partial charge in [-0.15, -0.1) is 0 Å². The molecular formula is C40H68N24O10. The Balaban J connectivity index is 0.000000122. The van der Waals surface area contributed by atoms with Crippen LogP contribution in [0, 0.1) is 17.2 Å². The smallest absolute Gasteiger partial charge is 0.404 e. The normalized spacial score (nSPS) is 38.5. The number of guanidine groups is 6. The van der Waals surface area contributed by atoms with Crippen LogP contribution in [0.5, 0.6) is 0 Å². The number of aliphatic hydroxyl groups is 6. The summed E-state index contributed by atoms with van der Waals surface area (Å²) in [6.45, 7) is 1.98. The third-order valence-electron chi connectivity index (χ3n) is 16.2. The van der Waals surface area contributed by atoms with Crippen LogP contribution < -0.4 is 67.6 Å². The lowest BCUT2D eigenvalue weighted by Gasteiger charge is -2.48. The van der Waals surface area contributed by atoms with E-state index >= 15 is 0 Å². The van der Waals surface area contributed by atoms with Crippen LogP contribution in [-0.4, -0.2) is 233 Å². The van der Waals surface area contributed by atoms with Crippen LogP contribution in [0.15, 0.2) is 34.9 Å². The van der Waals surface area contributed by atoms with E-state index in [2.05, 4.69) is 50.9 Å². The molecule has 0 saturated carbocycles. The van der Waals surface area contributed by atoms with Gasteiger partial charge in [0.1, 0.15) is 48.7 Å². The van der Waals surface area contributed by atoms with Gasteiger partial charge in [-0.3, -0.25) is 5.41 Å². The number of amides is 2. The standard InChI is InChI=1S/C11H18N6O4.C11H18N6O2.C9H16N6O3.C9H16N6O/c12-7-3-5-6(4-21-9(14)18)15-8(13)17-2-1-10(19,20)11(5,17)16-7;12-8-4-6-7(5-19-10(14)18)15-9(13)17-3-1-2-11(6,17)16-8;10-6-13-5-4(3-16)12-7(11)15-2-1-8(17,18)9(5,15)14-6;10-7-13-6-5(4-16)12-8(11)15-3-1-2-9(6,15)14-7/h5-6,19-20H,1-4H2,(H2,12,16)(H2,13,15)(H2,14,18);6-7H,1-5H2,(H2,12,16)(H2,13,15)(H2,14,18);4-5,16-18H,1-3H2,(H2,11,12)(H3,10,13,14);5-6,16H,1-4H2,(H2,11,12)(H3,10,13,14)/t5-,6?,11?;6-,7?,11?;4?,5-,9?;5?,6-,9?/m0000/s1. The van der Waals surface area contributed by atoms with Gasteiger partial charge in [-0.1, -0.05) is 0 Å². The first-order chi connectivity index (χ1) is 34.9. The Morgan fingerprint density at radius 3 is 1.68 bits per heavy atom. The van der Waals surface area contributed by atoms with Gasteiger partial charge in [0.25, 0.3) is 0 Å². The predicted molar refractivity (Wildman–Crippen MR) is 262 cm³/mol. The zero-order chi connectivity index (χ0) is 53.5.